The molecule has 1 heterocycles. The molecule has 1 saturated carbocycles. The molecule has 0 bridgehead atoms. The standard InChI is InChI=1S/C16H20N4OS2/c1-11-4-2-3-5-13(11)23-10-14(21)17-8-9-20-15(12-6-7-12)18-19-16(20)22/h2-5,12H,6-10H2,1H3,(H,17,21)(H,19,22). The number of carbonyl (C=O) groups excluding carboxylic acids is 1. The number of nitrogens with one attached hydrogen (secondary N) is 2. The number of carbonyl (C=O) groups is 1. The van der Waals surface area contributed by atoms with Gasteiger partial charge >= 0.3 is 0 Å². The second kappa shape index (κ2) is 7.31. The number of aromatic nitrogens is 3. The molecule has 1 aliphatic carbocycles. The highest BCUT2D eigenvalue weighted by atomic mass is 32.2. The van der Waals surface area contributed by atoms with Gasteiger partial charge in [-0.3, -0.25) is 9.89 Å². The summed E-state index contributed by atoms with van der Waals surface area (Å²) in [6.07, 6.45) is 2.36. The van der Waals surface area contributed by atoms with Crippen LogP contribution in [0.1, 0.15) is 30.1 Å². The van der Waals surface area contributed by atoms with Crippen molar-refractivity contribution in [2.24, 2.45) is 0 Å². The fourth-order valence-electron chi connectivity index (χ4n) is 2.42. The Morgan fingerprint density at radius 1 is 1.48 bits per heavy atom. The Balaban J connectivity index is 1.46. The summed E-state index contributed by atoms with van der Waals surface area (Å²) in [7, 11) is 0. The molecule has 23 heavy (non-hydrogen) atoms. The molecule has 1 aromatic carbocycles. The van der Waals surface area contributed by atoms with Gasteiger partial charge in [-0.2, -0.15) is 5.10 Å². The average molecular weight is 348 g/mol. The zero-order valence-corrected chi connectivity index (χ0v) is 14.7. The lowest BCUT2D eigenvalue weighted by Crippen LogP contribution is -2.29. The van der Waals surface area contributed by atoms with E-state index in [1.54, 1.807) is 11.8 Å². The number of benzene rings is 1. The molecule has 3 rings (SSSR count). The number of aryl methyl sites for hydroxylation is 1. The van der Waals surface area contributed by atoms with Gasteiger partial charge in [-0.1, -0.05) is 18.2 Å². The predicted octanol–water partition coefficient (Wildman–Crippen LogP) is 3.04. The van der Waals surface area contributed by atoms with E-state index in [1.165, 1.54) is 18.4 Å². The van der Waals surface area contributed by atoms with E-state index in [4.69, 9.17) is 12.2 Å². The summed E-state index contributed by atoms with van der Waals surface area (Å²) in [5.41, 5.74) is 1.20. The van der Waals surface area contributed by atoms with Crippen molar-refractivity contribution in [3.8, 4) is 0 Å². The van der Waals surface area contributed by atoms with Crippen molar-refractivity contribution in [2.45, 2.75) is 37.1 Å². The van der Waals surface area contributed by atoms with Gasteiger partial charge < -0.3 is 9.88 Å². The third-order valence-corrected chi connectivity index (χ3v) is 5.33. The van der Waals surface area contributed by atoms with E-state index in [0.29, 0.717) is 29.5 Å². The fraction of sp³-hybridized carbons (Fsp3) is 0.438. The zero-order valence-electron chi connectivity index (χ0n) is 13.0. The maximum absolute atomic E-state index is 12.0. The van der Waals surface area contributed by atoms with Gasteiger partial charge in [0.1, 0.15) is 5.82 Å². The van der Waals surface area contributed by atoms with Crippen molar-refractivity contribution in [3.05, 3.63) is 40.4 Å². The second-order valence-corrected chi connectivity index (χ2v) is 7.12. The van der Waals surface area contributed by atoms with Crippen LogP contribution in [-0.4, -0.2) is 33.0 Å². The molecule has 1 fully saturated rings. The van der Waals surface area contributed by atoms with Crippen molar-refractivity contribution in [1.29, 1.82) is 0 Å². The predicted molar refractivity (Wildman–Crippen MR) is 94.3 cm³/mol. The molecule has 1 aliphatic rings. The first-order chi connectivity index (χ1) is 11.1. The summed E-state index contributed by atoms with van der Waals surface area (Å²) in [6, 6.07) is 8.10. The Kier molecular flexibility index (Phi) is 5.17. The van der Waals surface area contributed by atoms with Crippen LogP contribution in [0.4, 0.5) is 0 Å². The van der Waals surface area contributed by atoms with E-state index in [2.05, 4.69) is 28.5 Å². The van der Waals surface area contributed by atoms with Crippen LogP contribution >= 0.6 is 24.0 Å². The molecule has 7 heteroatoms. The molecule has 0 atom stereocenters. The van der Waals surface area contributed by atoms with Crippen molar-refractivity contribution in [3.63, 3.8) is 0 Å². The van der Waals surface area contributed by atoms with E-state index >= 15 is 0 Å². The highest BCUT2D eigenvalue weighted by Crippen LogP contribution is 2.38. The smallest absolute Gasteiger partial charge is 0.230 e. The molecule has 0 saturated heterocycles. The van der Waals surface area contributed by atoms with Gasteiger partial charge in [0.2, 0.25) is 5.91 Å². The van der Waals surface area contributed by atoms with Gasteiger partial charge in [0, 0.05) is 23.9 Å². The van der Waals surface area contributed by atoms with Crippen LogP contribution in [0.15, 0.2) is 29.2 Å². The monoisotopic (exact) mass is 348 g/mol. The van der Waals surface area contributed by atoms with Crippen molar-refractivity contribution in [1.82, 2.24) is 20.1 Å². The first-order valence-corrected chi connectivity index (χ1v) is 9.15. The van der Waals surface area contributed by atoms with E-state index in [0.717, 1.165) is 10.7 Å². The summed E-state index contributed by atoms with van der Waals surface area (Å²) in [5.74, 6) is 2.03. The highest BCUT2D eigenvalue weighted by molar-refractivity contribution is 8.00. The number of rotatable bonds is 7. The Morgan fingerprint density at radius 2 is 2.26 bits per heavy atom. The Labute approximate surface area is 144 Å². The van der Waals surface area contributed by atoms with E-state index < -0.39 is 0 Å². The molecular weight excluding hydrogens is 328 g/mol. The van der Waals surface area contributed by atoms with Gasteiger partial charge in [0.25, 0.3) is 0 Å². The minimum absolute atomic E-state index is 0.0428. The minimum Gasteiger partial charge on any atom is -0.354 e. The fourth-order valence-corrected chi connectivity index (χ4v) is 3.51. The molecule has 0 spiro atoms. The number of aromatic amines is 1. The number of hydrogen-bond donors (Lipinski definition) is 2. The van der Waals surface area contributed by atoms with Crippen molar-refractivity contribution < 1.29 is 4.79 Å². The summed E-state index contributed by atoms with van der Waals surface area (Å²) in [4.78, 5) is 13.1. The lowest BCUT2D eigenvalue weighted by molar-refractivity contribution is -0.118. The number of thioether (sulfide) groups is 1. The maximum Gasteiger partial charge on any atom is 0.230 e. The van der Waals surface area contributed by atoms with Crippen LogP contribution in [0.3, 0.4) is 0 Å². The van der Waals surface area contributed by atoms with Crippen LogP contribution < -0.4 is 5.32 Å². The van der Waals surface area contributed by atoms with Crippen molar-refractivity contribution in [2.75, 3.05) is 12.3 Å². The summed E-state index contributed by atoms with van der Waals surface area (Å²) >= 11 is 6.82. The Bertz CT molecular complexity index is 749. The molecule has 2 N–H and O–H groups in total. The van der Waals surface area contributed by atoms with E-state index in [1.807, 2.05) is 22.8 Å². The SMILES string of the molecule is Cc1ccccc1SCC(=O)NCCn1c(C2CC2)n[nH]c1=S. The van der Waals surface area contributed by atoms with E-state index in [9.17, 15) is 4.79 Å². The molecule has 1 aromatic heterocycles. The third kappa shape index (κ3) is 4.23. The lowest BCUT2D eigenvalue weighted by Gasteiger charge is -2.08. The van der Waals surface area contributed by atoms with Gasteiger partial charge in [0.15, 0.2) is 4.77 Å². The van der Waals surface area contributed by atoms with Gasteiger partial charge in [-0.15, -0.1) is 11.8 Å². The summed E-state index contributed by atoms with van der Waals surface area (Å²) in [6.45, 7) is 3.29. The summed E-state index contributed by atoms with van der Waals surface area (Å²) in [5, 5.41) is 10.1. The molecule has 0 aliphatic heterocycles. The first-order valence-electron chi connectivity index (χ1n) is 7.75. The maximum atomic E-state index is 12.0. The molecule has 1 amide bonds. The van der Waals surface area contributed by atoms with Crippen molar-refractivity contribution >= 4 is 29.9 Å². The van der Waals surface area contributed by atoms with Crippen LogP contribution in [-0.2, 0) is 11.3 Å². The number of hydrogen-bond acceptors (Lipinski definition) is 4. The quantitative estimate of drug-likeness (QED) is 0.596. The number of H-pyrrole nitrogens is 1. The largest absolute Gasteiger partial charge is 0.354 e. The van der Waals surface area contributed by atoms with Crippen LogP contribution in [0.5, 0.6) is 0 Å². The third-order valence-electron chi connectivity index (χ3n) is 3.84. The molecule has 0 radical (unpaired) electrons. The average Bonchev–Trinajstić information content (AvgIpc) is 3.32. The normalized spacial score (nSPS) is 14.0. The molecular formula is C16H20N4OS2. The van der Waals surface area contributed by atoms with E-state index in [-0.39, 0.29) is 5.91 Å². The van der Waals surface area contributed by atoms with Crippen LogP contribution in [0.2, 0.25) is 0 Å². The molecule has 0 unspecified atom stereocenters. The topological polar surface area (TPSA) is 62.7 Å². The molecule has 2 aromatic rings. The lowest BCUT2D eigenvalue weighted by atomic mass is 10.2. The van der Waals surface area contributed by atoms with Gasteiger partial charge in [0.05, 0.1) is 5.75 Å². The number of amides is 1. The van der Waals surface area contributed by atoms with Gasteiger partial charge in [-0.05, 0) is 43.6 Å². The van der Waals surface area contributed by atoms with Crippen LogP contribution in [0, 0.1) is 11.7 Å². The Hall–Kier alpha value is -1.60. The summed E-state index contributed by atoms with van der Waals surface area (Å²) < 4.78 is 2.64. The zero-order chi connectivity index (χ0) is 16.2. The number of nitrogens with zero attached hydrogens (tertiary/aromatic N) is 2. The second-order valence-electron chi connectivity index (χ2n) is 5.72. The van der Waals surface area contributed by atoms with Gasteiger partial charge in [-0.25, -0.2) is 0 Å². The molecule has 122 valence electrons. The van der Waals surface area contributed by atoms with Crippen LogP contribution in [0.25, 0.3) is 0 Å². The highest BCUT2D eigenvalue weighted by Gasteiger charge is 2.28. The minimum atomic E-state index is 0.0428. The Morgan fingerprint density at radius 3 is 3.00 bits per heavy atom. The molecule has 5 nitrogen and oxygen atoms in total. The first kappa shape index (κ1) is 16.3.